The molecule has 21 heavy (non-hydrogen) atoms. The van der Waals surface area contributed by atoms with Crippen molar-refractivity contribution < 1.29 is 14.6 Å². The lowest BCUT2D eigenvalue weighted by atomic mass is 10.2. The van der Waals surface area contributed by atoms with Crippen LogP contribution in [-0.2, 0) is 0 Å². The van der Waals surface area contributed by atoms with Crippen molar-refractivity contribution in [3.05, 3.63) is 59.7 Å². The summed E-state index contributed by atoms with van der Waals surface area (Å²) >= 11 is 16.4. The second kappa shape index (κ2) is 7.34. The van der Waals surface area contributed by atoms with Crippen molar-refractivity contribution in [3.8, 4) is 5.75 Å². The van der Waals surface area contributed by atoms with Gasteiger partial charge in [-0.3, -0.25) is 0 Å². The third-order valence-electron chi connectivity index (χ3n) is 2.62. The summed E-state index contributed by atoms with van der Waals surface area (Å²) in [6.07, 6.45) is 0. The molecular formula is C14H8Cl2I2O3. The number of halogens is 4. The van der Waals surface area contributed by atoms with E-state index < -0.39 is 11.5 Å². The van der Waals surface area contributed by atoms with E-state index in [0.717, 1.165) is 0 Å². The van der Waals surface area contributed by atoms with Crippen molar-refractivity contribution in [2.45, 2.75) is 5.56 Å². The second-order valence-electron chi connectivity index (χ2n) is 4.03. The number of carbonyl (C=O) groups is 1. The van der Waals surface area contributed by atoms with Gasteiger partial charge in [0.1, 0.15) is 5.75 Å². The van der Waals surface area contributed by atoms with Gasteiger partial charge in [-0.25, -0.2) is 4.79 Å². The van der Waals surface area contributed by atoms with E-state index in [1.807, 2.05) is 57.3 Å². The zero-order valence-corrected chi connectivity index (χ0v) is 16.1. The minimum atomic E-state index is -0.981. The molecule has 1 unspecified atom stereocenters. The molecule has 2 rings (SSSR count). The Morgan fingerprint density at radius 1 is 1.19 bits per heavy atom. The number of hydrogen-bond donors (Lipinski definition) is 1. The van der Waals surface area contributed by atoms with Gasteiger partial charge in [0.25, 0.3) is 0 Å². The monoisotopic (exact) mass is 548 g/mol. The average Bonchev–Trinajstić information content (AvgIpc) is 2.42. The van der Waals surface area contributed by atoms with Crippen molar-refractivity contribution >= 4 is 74.4 Å². The number of ether oxygens (including phenoxy) is 1. The van der Waals surface area contributed by atoms with Crippen LogP contribution in [-0.4, -0.2) is 11.1 Å². The quantitative estimate of drug-likeness (QED) is 0.402. The largest absolute Gasteiger partial charge is 0.478 e. The van der Waals surface area contributed by atoms with Crippen LogP contribution in [0, 0.1) is 7.14 Å². The smallest absolute Gasteiger partial charge is 0.335 e. The number of alkyl halides is 1. The van der Waals surface area contributed by atoms with Crippen LogP contribution in [0.3, 0.4) is 0 Å². The molecule has 0 heterocycles. The topological polar surface area (TPSA) is 46.5 Å². The third kappa shape index (κ3) is 4.14. The van der Waals surface area contributed by atoms with Crippen molar-refractivity contribution in [1.29, 1.82) is 0 Å². The first kappa shape index (κ1) is 17.1. The number of carboxylic acid groups (broad SMARTS) is 1. The lowest BCUT2D eigenvalue weighted by molar-refractivity contribution is 0.0696. The number of benzene rings is 2. The van der Waals surface area contributed by atoms with Crippen LogP contribution < -0.4 is 4.74 Å². The fraction of sp³-hybridized carbons (Fsp3) is 0.0714. The molecule has 0 aliphatic rings. The van der Waals surface area contributed by atoms with E-state index in [2.05, 4.69) is 0 Å². The van der Waals surface area contributed by atoms with E-state index in [4.69, 9.17) is 33.0 Å². The summed E-state index contributed by atoms with van der Waals surface area (Å²) < 4.78 is 7.10. The summed E-state index contributed by atoms with van der Waals surface area (Å²) in [5.41, 5.74) is 0.117. The molecule has 3 nitrogen and oxygen atoms in total. The highest BCUT2D eigenvalue weighted by Gasteiger charge is 2.18. The van der Waals surface area contributed by atoms with Gasteiger partial charge >= 0.3 is 5.97 Å². The Morgan fingerprint density at radius 2 is 1.76 bits per heavy atom. The molecule has 110 valence electrons. The molecule has 2 aromatic rings. The maximum Gasteiger partial charge on any atom is 0.335 e. The summed E-state index contributed by atoms with van der Waals surface area (Å²) in [5.74, 6) is -0.438. The van der Waals surface area contributed by atoms with Gasteiger partial charge in [-0.15, -0.1) is 0 Å². The first-order valence-electron chi connectivity index (χ1n) is 5.67. The molecule has 0 aliphatic heterocycles. The van der Waals surface area contributed by atoms with E-state index in [0.29, 0.717) is 23.5 Å². The zero-order chi connectivity index (χ0) is 15.6. The van der Waals surface area contributed by atoms with Gasteiger partial charge in [-0.05, 0) is 63.4 Å². The Morgan fingerprint density at radius 3 is 2.29 bits per heavy atom. The first-order chi connectivity index (χ1) is 9.90. The molecule has 0 saturated carbocycles. The van der Waals surface area contributed by atoms with Gasteiger partial charge in [0.15, 0.2) is 5.56 Å². The molecule has 2 aromatic carbocycles. The van der Waals surface area contributed by atoms with E-state index in [9.17, 15) is 4.79 Å². The van der Waals surface area contributed by atoms with Gasteiger partial charge < -0.3 is 9.84 Å². The standard InChI is InChI=1S/C14H8Cl2I2O3/c15-9-4-2-1-3-8(9)13(16)21-12-10(17)5-7(14(19)20)6-11(12)18/h1-6,13H,(H,19,20). The minimum Gasteiger partial charge on any atom is -0.478 e. The number of hydrogen-bond acceptors (Lipinski definition) is 2. The first-order valence-corrected chi connectivity index (χ1v) is 8.65. The summed E-state index contributed by atoms with van der Waals surface area (Å²) in [6, 6.07) is 10.2. The molecule has 0 saturated heterocycles. The van der Waals surface area contributed by atoms with E-state index >= 15 is 0 Å². The predicted octanol–water partition coefficient (Wildman–Crippen LogP) is 5.56. The second-order valence-corrected chi connectivity index (χ2v) is 7.16. The van der Waals surface area contributed by atoms with Crippen LogP contribution in [0.5, 0.6) is 5.75 Å². The van der Waals surface area contributed by atoms with E-state index in [-0.39, 0.29) is 5.56 Å². The van der Waals surface area contributed by atoms with Crippen LogP contribution in [0.1, 0.15) is 21.5 Å². The molecule has 0 amide bonds. The molecule has 7 heteroatoms. The SMILES string of the molecule is O=C(O)c1cc(I)c(OC(Cl)c2ccccc2Cl)c(I)c1. The van der Waals surface area contributed by atoms with Crippen molar-refractivity contribution in [3.63, 3.8) is 0 Å². The molecule has 0 aliphatic carbocycles. The molecule has 1 atom stereocenters. The van der Waals surface area contributed by atoms with Crippen molar-refractivity contribution in [2.75, 3.05) is 0 Å². The zero-order valence-electron chi connectivity index (χ0n) is 10.3. The Bertz CT molecular complexity index is 669. The molecule has 0 radical (unpaired) electrons. The van der Waals surface area contributed by atoms with Crippen LogP contribution in [0.2, 0.25) is 5.02 Å². The van der Waals surface area contributed by atoms with Crippen LogP contribution in [0.15, 0.2) is 36.4 Å². The fourth-order valence-corrected chi connectivity index (χ4v) is 4.21. The highest BCUT2D eigenvalue weighted by Crippen LogP contribution is 2.35. The van der Waals surface area contributed by atoms with Gasteiger partial charge in [-0.2, -0.15) is 0 Å². The summed E-state index contributed by atoms with van der Waals surface area (Å²) in [5, 5.41) is 9.55. The normalized spacial score (nSPS) is 12.0. The Balaban J connectivity index is 2.32. The van der Waals surface area contributed by atoms with E-state index in [1.165, 1.54) is 12.1 Å². The lowest BCUT2D eigenvalue weighted by Gasteiger charge is -2.17. The maximum absolute atomic E-state index is 11.0. The summed E-state index contributed by atoms with van der Waals surface area (Å²) in [6.45, 7) is 0. The lowest BCUT2D eigenvalue weighted by Crippen LogP contribution is -2.06. The molecule has 0 bridgehead atoms. The predicted molar refractivity (Wildman–Crippen MR) is 99.5 cm³/mol. The maximum atomic E-state index is 11.0. The highest BCUT2D eigenvalue weighted by atomic mass is 127. The van der Waals surface area contributed by atoms with Gasteiger partial charge in [0, 0.05) is 10.6 Å². The van der Waals surface area contributed by atoms with Crippen LogP contribution >= 0.6 is 68.4 Å². The summed E-state index contributed by atoms with van der Waals surface area (Å²) in [7, 11) is 0. The molecule has 0 aromatic heterocycles. The van der Waals surface area contributed by atoms with Crippen LogP contribution in [0.25, 0.3) is 0 Å². The average molecular weight is 549 g/mol. The fourth-order valence-electron chi connectivity index (χ4n) is 1.62. The minimum absolute atomic E-state index is 0.208. The summed E-state index contributed by atoms with van der Waals surface area (Å²) in [4.78, 5) is 11.0. The van der Waals surface area contributed by atoms with Crippen LogP contribution in [0.4, 0.5) is 0 Å². The Labute approximate surface area is 158 Å². The Hall–Kier alpha value is -0.250. The van der Waals surface area contributed by atoms with Gasteiger partial charge in [0.2, 0.25) is 0 Å². The molecule has 0 fully saturated rings. The molecular weight excluding hydrogens is 541 g/mol. The highest BCUT2D eigenvalue weighted by molar-refractivity contribution is 14.1. The number of carboxylic acids is 1. The number of rotatable bonds is 4. The van der Waals surface area contributed by atoms with Crippen molar-refractivity contribution in [1.82, 2.24) is 0 Å². The van der Waals surface area contributed by atoms with Gasteiger partial charge in [-0.1, -0.05) is 41.4 Å². The molecule has 1 N–H and O–H groups in total. The van der Waals surface area contributed by atoms with E-state index in [1.54, 1.807) is 12.1 Å². The van der Waals surface area contributed by atoms with Crippen molar-refractivity contribution in [2.24, 2.45) is 0 Å². The van der Waals surface area contributed by atoms with Gasteiger partial charge in [0.05, 0.1) is 12.7 Å². The molecule has 0 spiro atoms. The number of aromatic carboxylic acids is 1. The third-order valence-corrected chi connectivity index (χ3v) is 4.89. The Kier molecular flexibility index (Phi) is 5.98.